The van der Waals surface area contributed by atoms with Crippen LogP contribution in [0.15, 0.2) is 98.6 Å². The van der Waals surface area contributed by atoms with Crippen molar-refractivity contribution in [3.05, 3.63) is 111 Å². The summed E-state index contributed by atoms with van der Waals surface area (Å²) in [7, 11) is 1.88. The molecule has 0 radical (unpaired) electrons. The molecule has 0 bridgehead atoms. The van der Waals surface area contributed by atoms with Crippen molar-refractivity contribution in [3.63, 3.8) is 0 Å². The van der Waals surface area contributed by atoms with Gasteiger partial charge in [-0.15, -0.1) is 11.3 Å². The van der Waals surface area contributed by atoms with Gasteiger partial charge < -0.3 is 8.98 Å². The van der Waals surface area contributed by atoms with Gasteiger partial charge in [0, 0.05) is 12.4 Å². The van der Waals surface area contributed by atoms with Crippen LogP contribution in [0.1, 0.15) is 11.3 Å². The molecule has 5 rings (SSSR count). The van der Waals surface area contributed by atoms with Gasteiger partial charge in [-0.1, -0.05) is 48.5 Å². The Kier molecular flexibility index (Phi) is 5.25. The Labute approximate surface area is 188 Å². The molecule has 6 nitrogen and oxygen atoms in total. The first-order chi connectivity index (χ1) is 15.6. The number of nitrogens with zero attached hydrogens (tertiary/aromatic N) is 4. The van der Waals surface area contributed by atoms with Gasteiger partial charge in [0.2, 0.25) is 0 Å². The largest absolute Gasteiger partial charge is 0.463 e. The molecule has 0 unspecified atom stereocenters. The topological polar surface area (TPSA) is 57.4 Å². The molecular formula is C25H22N4O2S. The molecule has 5 aromatic rings. The zero-order valence-corrected chi connectivity index (χ0v) is 18.6. The highest BCUT2D eigenvalue weighted by atomic mass is 32.1. The molecule has 0 atom stereocenters. The Morgan fingerprint density at radius 1 is 0.969 bits per heavy atom. The highest BCUT2D eigenvalue weighted by Gasteiger charge is 2.17. The summed E-state index contributed by atoms with van der Waals surface area (Å²) >= 11 is 1.50. The van der Waals surface area contributed by atoms with Crippen molar-refractivity contribution in [2.24, 2.45) is 12.0 Å². The van der Waals surface area contributed by atoms with E-state index >= 15 is 0 Å². The van der Waals surface area contributed by atoms with Crippen molar-refractivity contribution >= 4 is 17.0 Å². The summed E-state index contributed by atoms with van der Waals surface area (Å²) in [4.78, 5) is 18.9. The lowest BCUT2D eigenvalue weighted by Gasteiger charge is -2.07. The molecule has 3 heterocycles. The first-order valence-electron chi connectivity index (χ1n) is 10.3. The second kappa shape index (κ2) is 8.36. The van der Waals surface area contributed by atoms with Gasteiger partial charge in [0.25, 0.3) is 5.56 Å². The van der Waals surface area contributed by atoms with E-state index < -0.39 is 0 Å². The Bertz CT molecular complexity index is 1470. The predicted molar refractivity (Wildman–Crippen MR) is 127 cm³/mol. The highest BCUT2D eigenvalue weighted by Crippen LogP contribution is 2.23. The minimum absolute atomic E-state index is 0.143. The minimum Gasteiger partial charge on any atom is -0.463 e. The van der Waals surface area contributed by atoms with Crippen molar-refractivity contribution in [2.45, 2.75) is 13.5 Å². The summed E-state index contributed by atoms with van der Waals surface area (Å²) in [5, 5.41) is 2.02. The maximum absolute atomic E-state index is 13.3. The quantitative estimate of drug-likeness (QED) is 0.389. The fraction of sp³-hybridized carbons (Fsp3) is 0.120. The Balaban J connectivity index is 1.69. The van der Waals surface area contributed by atoms with Gasteiger partial charge in [-0.25, -0.2) is 9.67 Å². The average Bonchev–Trinajstić information content (AvgIpc) is 3.52. The number of para-hydroxylation sites is 1. The Hall–Kier alpha value is -3.84. The smallest absolute Gasteiger partial charge is 0.297 e. The summed E-state index contributed by atoms with van der Waals surface area (Å²) in [5.41, 5.74) is 3.98. The Morgan fingerprint density at radius 2 is 1.69 bits per heavy atom. The van der Waals surface area contributed by atoms with Crippen LogP contribution in [0.2, 0.25) is 0 Å². The molecule has 0 amide bonds. The SMILES string of the molecule is Cc1c(N=c2scc(-c3ccco3)n2Cc2ccccc2)c(=O)n(-c2ccccc2)n1C. The van der Waals surface area contributed by atoms with Gasteiger partial charge in [-0.2, -0.15) is 0 Å². The zero-order chi connectivity index (χ0) is 22.1. The molecule has 0 fully saturated rings. The van der Waals surface area contributed by atoms with E-state index in [1.54, 1.807) is 10.9 Å². The number of benzene rings is 2. The van der Waals surface area contributed by atoms with E-state index in [0.29, 0.717) is 12.2 Å². The zero-order valence-electron chi connectivity index (χ0n) is 17.8. The molecule has 0 saturated heterocycles. The van der Waals surface area contributed by atoms with Gasteiger partial charge in [0.15, 0.2) is 16.2 Å². The maximum Gasteiger partial charge on any atom is 0.297 e. The van der Waals surface area contributed by atoms with Gasteiger partial charge in [0.05, 0.1) is 29.9 Å². The van der Waals surface area contributed by atoms with Gasteiger partial charge in [-0.05, 0) is 36.8 Å². The number of aromatic nitrogens is 3. The van der Waals surface area contributed by atoms with Crippen LogP contribution in [-0.4, -0.2) is 13.9 Å². The Morgan fingerprint density at radius 3 is 2.38 bits per heavy atom. The molecule has 0 saturated carbocycles. The van der Waals surface area contributed by atoms with Gasteiger partial charge in [0.1, 0.15) is 0 Å². The standard InChI is InChI=1S/C25H22N4O2S/c1-18-23(24(30)29(27(18)2)20-12-7-4-8-13-20)26-25-28(16-19-10-5-3-6-11-19)21(17-32-25)22-14-9-15-31-22/h3-15,17H,16H2,1-2H3. The van der Waals surface area contributed by atoms with Crippen LogP contribution >= 0.6 is 11.3 Å². The lowest BCUT2D eigenvalue weighted by Crippen LogP contribution is -2.20. The van der Waals surface area contributed by atoms with Crippen LogP contribution in [0.3, 0.4) is 0 Å². The van der Waals surface area contributed by atoms with Gasteiger partial charge in [-0.3, -0.25) is 9.48 Å². The van der Waals surface area contributed by atoms with E-state index in [1.165, 1.54) is 11.3 Å². The molecule has 7 heteroatoms. The van der Waals surface area contributed by atoms with Crippen molar-refractivity contribution in [1.82, 2.24) is 13.9 Å². The summed E-state index contributed by atoms with van der Waals surface area (Å²) < 4.78 is 11.3. The summed E-state index contributed by atoms with van der Waals surface area (Å²) in [6.07, 6.45) is 1.66. The van der Waals surface area contributed by atoms with E-state index in [1.807, 2.05) is 84.7 Å². The second-order valence-electron chi connectivity index (χ2n) is 7.47. The number of furan rings is 1. The summed E-state index contributed by atoms with van der Waals surface area (Å²) in [5.74, 6) is 0.769. The van der Waals surface area contributed by atoms with E-state index in [0.717, 1.165) is 33.2 Å². The maximum atomic E-state index is 13.3. The minimum atomic E-state index is -0.143. The first-order valence-corrected chi connectivity index (χ1v) is 11.2. The fourth-order valence-corrected chi connectivity index (χ4v) is 4.63. The molecule has 0 aliphatic carbocycles. The van der Waals surface area contributed by atoms with Crippen molar-refractivity contribution < 1.29 is 4.42 Å². The van der Waals surface area contributed by atoms with Crippen molar-refractivity contribution in [3.8, 4) is 17.1 Å². The third-order valence-electron chi connectivity index (χ3n) is 5.49. The molecule has 32 heavy (non-hydrogen) atoms. The average molecular weight is 443 g/mol. The van der Waals surface area contributed by atoms with Crippen molar-refractivity contribution in [2.75, 3.05) is 0 Å². The van der Waals surface area contributed by atoms with Crippen LogP contribution in [-0.2, 0) is 13.6 Å². The van der Waals surface area contributed by atoms with Crippen LogP contribution in [0, 0.1) is 6.92 Å². The third kappa shape index (κ3) is 3.56. The highest BCUT2D eigenvalue weighted by molar-refractivity contribution is 7.07. The predicted octanol–water partition coefficient (Wildman–Crippen LogP) is 4.89. The third-order valence-corrected chi connectivity index (χ3v) is 6.35. The van der Waals surface area contributed by atoms with Crippen molar-refractivity contribution in [1.29, 1.82) is 0 Å². The summed E-state index contributed by atoms with van der Waals surface area (Å²) in [6, 6.07) is 23.6. The lowest BCUT2D eigenvalue weighted by atomic mass is 10.2. The van der Waals surface area contributed by atoms with E-state index in [2.05, 4.69) is 16.7 Å². The normalized spacial score (nSPS) is 11.9. The fourth-order valence-electron chi connectivity index (χ4n) is 3.74. The molecule has 0 N–H and O–H groups in total. The van der Waals surface area contributed by atoms with E-state index in [9.17, 15) is 4.79 Å². The number of hydrogen-bond donors (Lipinski definition) is 0. The number of thiazole rings is 1. The molecule has 0 aliphatic rings. The molecule has 160 valence electrons. The van der Waals surface area contributed by atoms with Gasteiger partial charge >= 0.3 is 0 Å². The van der Waals surface area contributed by atoms with E-state index in [4.69, 9.17) is 9.41 Å². The molecular weight excluding hydrogens is 420 g/mol. The molecule has 2 aromatic carbocycles. The second-order valence-corrected chi connectivity index (χ2v) is 8.31. The first kappa shape index (κ1) is 20.1. The molecule has 0 spiro atoms. The number of hydrogen-bond acceptors (Lipinski definition) is 4. The van der Waals surface area contributed by atoms with E-state index in [-0.39, 0.29) is 5.56 Å². The number of rotatable bonds is 5. The monoisotopic (exact) mass is 442 g/mol. The lowest BCUT2D eigenvalue weighted by molar-refractivity contribution is 0.573. The van der Waals surface area contributed by atoms with Crippen LogP contribution in [0.25, 0.3) is 17.1 Å². The van der Waals surface area contributed by atoms with Crippen LogP contribution < -0.4 is 10.4 Å². The molecule has 0 aliphatic heterocycles. The van der Waals surface area contributed by atoms with Crippen LogP contribution in [0.4, 0.5) is 5.69 Å². The summed E-state index contributed by atoms with van der Waals surface area (Å²) in [6.45, 7) is 2.54. The molecule has 3 aromatic heterocycles. The van der Waals surface area contributed by atoms with Crippen LogP contribution in [0.5, 0.6) is 0 Å².